The Bertz CT molecular complexity index is 313. The molecule has 0 unspecified atom stereocenters. The molecule has 0 spiro atoms. The summed E-state index contributed by atoms with van der Waals surface area (Å²) in [6.07, 6.45) is 2.75. The van der Waals surface area contributed by atoms with Crippen LogP contribution in [0.15, 0.2) is 0 Å². The smallest absolute Gasteiger partial charge is 0.230 e. The van der Waals surface area contributed by atoms with Gasteiger partial charge in [-0.3, -0.25) is 9.59 Å². The van der Waals surface area contributed by atoms with E-state index in [1.54, 1.807) is 11.8 Å². The fourth-order valence-corrected chi connectivity index (χ4v) is 2.93. The van der Waals surface area contributed by atoms with E-state index in [9.17, 15) is 9.59 Å². The van der Waals surface area contributed by atoms with E-state index in [1.807, 2.05) is 4.90 Å². The van der Waals surface area contributed by atoms with Gasteiger partial charge in [0.2, 0.25) is 11.8 Å². The number of carbonyl (C=O) groups is 2. The quantitative estimate of drug-likeness (QED) is 0.811. The summed E-state index contributed by atoms with van der Waals surface area (Å²) in [5.74, 6) is 1.78. The zero-order valence-corrected chi connectivity index (χ0v) is 13.1. The molecule has 0 aromatic carbocycles. The first-order valence-electron chi connectivity index (χ1n) is 7.01. The maximum atomic E-state index is 11.6. The molecule has 0 radical (unpaired) electrons. The molecule has 19 heavy (non-hydrogen) atoms. The van der Waals surface area contributed by atoms with E-state index >= 15 is 0 Å². The van der Waals surface area contributed by atoms with E-state index in [-0.39, 0.29) is 17.2 Å². The third kappa shape index (κ3) is 7.45. The van der Waals surface area contributed by atoms with Crippen molar-refractivity contribution in [1.82, 2.24) is 10.2 Å². The van der Waals surface area contributed by atoms with Crippen LogP contribution in [-0.4, -0.2) is 47.9 Å². The Balaban J connectivity index is 2.08. The van der Waals surface area contributed by atoms with Gasteiger partial charge in [-0.2, -0.15) is 11.8 Å². The van der Waals surface area contributed by atoms with Crippen molar-refractivity contribution < 1.29 is 9.59 Å². The lowest BCUT2D eigenvalue weighted by molar-refractivity contribution is -0.133. The Hall–Kier alpha value is -0.710. The average molecular weight is 286 g/mol. The molecule has 0 aliphatic carbocycles. The Morgan fingerprint density at radius 2 is 2.11 bits per heavy atom. The van der Waals surface area contributed by atoms with E-state index < -0.39 is 0 Å². The van der Waals surface area contributed by atoms with Crippen molar-refractivity contribution >= 4 is 23.6 Å². The fraction of sp³-hybridized carbons (Fsp3) is 0.857. The van der Waals surface area contributed by atoms with Crippen molar-refractivity contribution in [2.24, 2.45) is 5.41 Å². The summed E-state index contributed by atoms with van der Waals surface area (Å²) < 4.78 is 0. The van der Waals surface area contributed by atoms with Gasteiger partial charge in [-0.25, -0.2) is 0 Å². The first-order chi connectivity index (χ1) is 8.88. The van der Waals surface area contributed by atoms with E-state index in [0.29, 0.717) is 25.3 Å². The molecule has 1 saturated heterocycles. The van der Waals surface area contributed by atoms with Crippen LogP contribution in [0.3, 0.4) is 0 Å². The molecule has 0 atom stereocenters. The maximum absolute atomic E-state index is 11.6. The van der Waals surface area contributed by atoms with Crippen molar-refractivity contribution in [2.75, 3.05) is 31.1 Å². The summed E-state index contributed by atoms with van der Waals surface area (Å²) in [7, 11) is 0. The van der Waals surface area contributed by atoms with Crippen LogP contribution in [0, 0.1) is 5.41 Å². The Kier molecular flexibility index (Phi) is 6.69. The minimum atomic E-state index is 0.0682. The molecule has 2 amide bonds. The van der Waals surface area contributed by atoms with Gasteiger partial charge >= 0.3 is 0 Å². The van der Waals surface area contributed by atoms with Gasteiger partial charge in [0, 0.05) is 26.1 Å². The number of nitrogens with one attached hydrogen (secondary N) is 1. The highest BCUT2D eigenvalue weighted by Crippen LogP contribution is 2.19. The van der Waals surface area contributed by atoms with Crippen LogP contribution in [-0.2, 0) is 9.59 Å². The normalized spacial score (nSPS) is 16.6. The van der Waals surface area contributed by atoms with Gasteiger partial charge in [0.15, 0.2) is 0 Å². The third-order valence-electron chi connectivity index (χ3n) is 2.89. The van der Waals surface area contributed by atoms with Crippen molar-refractivity contribution in [1.29, 1.82) is 0 Å². The monoisotopic (exact) mass is 286 g/mol. The molecular formula is C14H26N2O2S. The van der Waals surface area contributed by atoms with Gasteiger partial charge < -0.3 is 10.2 Å². The number of hydrogen-bond donors (Lipinski definition) is 1. The summed E-state index contributed by atoms with van der Waals surface area (Å²) >= 11 is 1.66. The molecule has 0 bridgehead atoms. The van der Waals surface area contributed by atoms with Crippen molar-refractivity contribution in [3.8, 4) is 0 Å². The molecule has 1 N–H and O–H groups in total. The Morgan fingerprint density at radius 3 is 2.74 bits per heavy atom. The molecule has 4 nitrogen and oxygen atoms in total. The molecule has 1 fully saturated rings. The van der Waals surface area contributed by atoms with Crippen LogP contribution in [0.25, 0.3) is 0 Å². The molecule has 0 aromatic rings. The first kappa shape index (κ1) is 16.3. The van der Waals surface area contributed by atoms with Gasteiger partial charge in [-0.1, -0.05) is 20.8 Å². The van der Waals surface area contributed by atoms with Gasteiger partial charge in [0.1, 0.15) is 0 Å². The van der Waals surface area contributed by atoms with Crippen LogP contribution in [0.5, 0.6) is 0 Å². The zero-order chi connectivity index (χ0) is 14.3. The summed E-state index contributed by atoms with van der Waals surface area (Å²) in [5.41, 5.74) is 0.255. The number of rotatable bonds is 6. The molecule has 110 valence electrons. The van der Waals surface area contributed by atoms with Gasteiger partial charge in [-0.15, -0.1) is 0 Å². The highest BCUT2D eigenvalue weighted by molar-refractivity contribution is 7.99. The topological polar surface area (TPSA) is 49.4 Å². The van der Waals surface area contributed by atoms with E-state index in [1.165, 1.54) is 0 Å². The molecule has 1 rings (SSSR count). The van der Waals surface area contributed by atoms with Crippen LogP contribution in [0.2, 0.25) is 0 Å². The Labute approximate surface area is 120 Å². The molecule has 1 heterocycles. The van der Waals surface area contributed by atoms with Crippen LogP contribution >= 0.6 is 11.8 Å². The fourth-order valence-electron chi connectivity index (χ4n) is 1.93. The lowest BCUT2D eigenvalue weighted by Gasteiger charge is -2.26. The van der Waals surface area contributed by atoms with Crippen LogP contribution in [0.4, 0.5) is 0 Å². The summed E-state index contributed by atoms with van der Waals surface area (Å²) in [6.45, 7) is 8.56. The number of hydrogen-bond acceptors (Lipinski definition) is 3. The number of likely N-dealkylation sites (tertiary alicyclic amines) is 1. The van der Waals surface area contributed by atoms with Crippen LogP contribution in [0.1, 0.15) is 40.0 Å². The lowest BCUT2D eigenvalue weighted by atomic mass is 10.0. The number of thioether (sulfide) groups is 1. The standard InChI is InChI=1S/C14H26N2O2S/c1-14(2,3)11-19-10-12(17)15-7-9-16-8-5-4-6-13(16)18/h4-11H2,1-3H3,(H,15,17). The Morgan fingerprint density at radius 1 is 1.37 bits per heavy atom. The summed E-state index contributed by atoms with van der Waals surface area (Å²) in [5, 5.41) is 2.88. The lowest BCUT2D eigenvalue weighted by Crippen LogP contribution is -2.41. The second-order valence-corrected chi connectivity index (χ2v) is 7.23. The van der Waals surface area contributed by atoms with Gasteiger partial charge in [0.05, 0.1) is 5.75 Å². The number of carbonyl (C=O) groups excluding carboxylic acids is 2. The molecule has 1 aliphatic heterocycles. The predicted octanol–water partition coefficient (Wildman–Crippen LogP) is 1.89. The second kappa shape index (κ2) is 7.78. The van der Waals surface area contributed by atoms with Crippen molar-refractivity contribution in [2.45, 2.75) is 40.0 Å². The minimum Gasteiger partial charge on any atom is -0.354 e. The molecule has 1 aliphatic rings. The third-order valence-corrected chi connectivity index (χ3v) is 4.43. The molecule has 5 heteroatoms. The van der Waals surface area contributed by atoms with Gasteiger partial charge in [-0.05, 0) is 24.0 Å². The van der Waals surface area contributed by atoms with Crippen molar-refractivity contribution in [3.05, 3.63) is 0 Å². The largest absolute Gasteiger partial charge is 0.354 e. The van der Waals surface area contributed by atoms with Crippen LogP contribution < -0.4 is 5.32 Å². The van der Waals surface area contributed by atoms with E-state index in [0.717, 1.165) is 25.1 Å². The summed E-state index contributed by atoms with van der Waals surface area (Å²) in [4.78, 5) is 25.0. The van der Waals surface area contributed by atoms with E-state index in [4.69, 9.17) is 0 Å². The second-order valence-electron chi connectivity index (χ2n) is 6.24. The molecule has 0 saturated carbocycles. The van der Waals surface area contributed by atoms with E-state index in [2.05, 4.69) is 26.1 Å². The first-order valence-corrected chi connectivity index (χ1v) is 8.16. The highest BCUT2D eigenvalue weighted by atomic mass is 32.2. The maximum Gasteiger partial charge on any atom is 0.230 e. The molecule has 0 aromatic heterocycles. The number of nitrogens with zero attached hydrogens (tertiary/aromatic N) is 1. The number of amides is 2. The summed E-state index contributed by atoms with van der Waals surface area (Å²) in [6, 6.07) is 0. The average Bonchev–Trinajstić information content (AvgIpc) is 2.30. The van der Waals surface area contributed by atoms with Crippen molar-refractivity contribution in [3.63, 3.8) is 0 Å². The highest BCUT2D eigenvalue weighted by Gasteiger charge is 2.17. The predicted molar refractivity (Wildman–Crippen MR) is 80.2 cm³/mol. The minimum absolute atomic E-state index is 0.0682. The van der Waals surface area contributed by atoms with Gasteiger partial charge in [0.25, 0.3) is 0 Å². The SMILES string of the molecule is CC(C)(C)CSCC(=O)NCCN1CCCCC1=O. The zero-order valence-electron chi connectivity index (χ0n) is 12.3. The number of piperidine rings is 1. The molecular weight excluding hydrogens is 260 g/mol.